The summed E-state index contributed by atoms with van der Waals surface area (Å²) in [5.74, 6) is 1.32. The van der Waals surface area contributed by atoms with Gasteiger partial charge in [-0.05, 0) is 37.1 Å². The predicted octanol–water partition coefficient (Wildman–Crippen LogP) is 3.05. The number of anilines is 1. The Morgan fingerprint density at radius 1 is 1.24 bits per heavy atom. The number of phenols is 1. The molecule has 2 rings (SSSR count). The molecule has 0 aliphatic heterocycles. The maximum Gasteiger partial charge on any atom is 0.246 e. The Bertz CT molecular complexity index is 554. The zero-order valence-electron chi connectivity index (χ0n) is 12.6. The highest BCUT2D eigenvalue weighted by Gasteiger charge is 2.33. The molecule has 0 fully saturated rings. The lowest BCUT2D eigenvalue weighted by atomic mass is 9.96. The average molecular weight is 291 g/mol. The van der Waals surface area contributed by atoms with Crippen molar-refractivity contribution in [2.45, 2.75) is 38.8 Å². The molecule has 1 aromatic heterocycles. The smallest absolute Gasteiger partial charge is 0.246 e. The summed E-state index contributed by atoms with van der Waals surface area (Å²) in [4.78, 5) is 4.41. The van der Waals surface area contributed by atoms with Crippen molar-refractivity contribution < 1.29 is 14.4 Å². The molecular weight excluding hydrogens is 270 g/mol. The molecule has 0 aliphatic rings. The third kappa shape index (κ3) is 3.33. The summed E-state index contributed by atoms with van der Waals surface area (Å²) in [5.41, 5.74) is 0.386. The van der Waals surface area contributed by atoms with Gasteiger partial charge >= 0.3 is 0 Å². The van der Waals surface area contributed by atoms with E-state index in [1.165, 1.54) is 0 Å². The van der Waals surface area contributed by atoms with E-state index in [1.807, 2.05) is 13.8 Å². The van der Waals surface area contributed by atoms with Crippen LogP contribution in [0.5, 0.6) is 5.75 Å². The minimum absolute atomic E-state index is 0.233. The van der Waals surface area contributed by atoms with Gasteiger partial charge in [0.15, 0.2) is 0 Å². The number of aromatic nitrogens is 2. The molecule has 6 nitrogen and oxygen atoms in total. The molecular formula is C15H21N3O3. The molecule has 21 heavy (non-hydrogen) atoms. The van der Waals surface area contributed by atoms with Crippen LogP contribution in [0.1, 0.15) is 38.4 Å². The molecule has 0 radical (unpaired) electrons. The Kier molecular flexibility index (Phi) is 4.80. The van der Waals surface area contributed by atoms with Crippen molar-refractivity contribution in [3.63, 3.8) is 0 Å². The summed E-state index contributed by atoms with van der Waals surface area (Å²) in [6.45, 7) is 4.50. The molecule has 2 N–H and O–H groups in total. The van der Waals surface area contributed by atoms with Crippen molar-refractivity contribution in [1.82, 2.24) is 10.1 Å². The summed E-state index contributed by atoms with van der Waals surface area (Å²) in [5, 5.41) is 16.4. The summed E-state index contributed by atoms with van der Waals surface area (Å²) in [6.07, 6.45) is 1.56. The van der Waals surface area contributed by atoms with E-state index < -0.39 is 5.60 Å². The second-order valence-electron chi connectivity index (χ2n) is 4.82. The fourth-order valence-electron chi connectivity index (χ4n) is 2.21. The van der Waals surface area contributed by atoms with E-state index in [4.69, 9.17) is 9.26 Å². The van der Waals surface area contributed by atoms with E-state index in [1.54, 1.807) is 31.4 Å². The fraction of sp³-hybridized carbons (Fsp3) is 0.467. The van der Waals surface area contributed by atoms with Crippen molar-refractivity contribution in [1.29, 1.82) is 0 Å². The van der Waals surface area contributed by atoms with E-state index in [9.17, 15) is 5.11 Å². The molecule has 0 saturated heterocycles. The number of phenolic OH excluding ortho intramolecular Hbond substituents is 1. The molecule has 1 aromatic carbocycles. The highest BCUT2D eigenvalue weighted by molar-refractivity contribution is 5.45. The first kappa shape index (κ1) is 15.3. The van der Waals surface area contributed by atoms with Crippen LogP contribution in [-0.2, 0) is 16.9 Å². The number of rotatable bonds is 7. The number of aromatic hydroxyl groups is 1. The SMILES string of the molecule is CCC(CC)(OC)c1noc(CNc2ccc(O)cc2)n1. The minimum atomic E-state index is -0.486. The average Bonchev–Trinajstić information content (AvgIpc) is 2.99. The maximum atomic E-state index is 9.23. The van der Waals surface area contributed by atoms with E-state index in [0.717, 1.165) is 18.5 Å². The topological polar surface area (TPSA) is 80.4 Å². The van der Waals surface area contributed by atoms with Crippen molar-refractivity contribution >= 4 is 5.69 Å². The first-order valence-electron chi connectivity index (χ1n) is 7.04. The van der Waals surface area contributed by atoms with Crippen LogP contribution in [0.3, 0.4) is 0 Å². The summed E-state index contributed by atoms with van der Waals surface area (Å²) >= 11 is 0. The largest absolute Gasteiger partial charge is 0.508 e. The van der Waals surface area contributed by atoms with Crippen LogP contribution in [-0.4, -0.2) is 22.4 Å². The third-order valence-corrected chi connectivity index (χ3v) is 3.72. The monoisotopic (exact) mass is 291 g/mol. The van der Waals surface area contributed by atoms with Crippen LogP contribution >= 0.6 is 0 Å². The first-order valence-corrected chi connectivity index (χ1v) is 7.04. The van der Waals surface area contributed by atoms with Crippen LogP contribution in [0.25, 0.3) is 0 Å². The van der Waals surface area contributed by atoms with E-state index in [2.05, 4.69) is 15.5 Å². The lowest BCUT2D eigenvalue weighted by Crippen LogP contribution is -2.28. The molecule has 6 heteroatoms. The zero-order chi connectivity index (χ0) is 15.3. The number of hydrogen-bond donors (Lipinski definition) is 2. The van der Waals surface area contributed by atoms with Crippen molar-refractivity contribution in [3.05, 3.63) is 36.0 Å². The number of methoxy groups -OCH3 is 1. The molecule has 114 valence electrons. The number of nitrogens with one attached hydrogen (secondary N) is 1. The Hall–Kier alpha value is -2.08. The highest BCUT2D eigenvalue weighted by Crippen LogP contribution is 2.30. The molecule has 0 aliphatic carbocycles. The number of ether oxygens (including phenoxy) is 1. The molecule has 0 atom stereocenters. The second kappa shape index (κ2) is 6.58. The predicted molar refractivity (Wildman–Crippen MR) is 79.0 cm³/mol. The van der Waals surface area contributed by atoms with Crippen molar-refractivity contribution in [2.75, 3.05) is 12.4 Å². The van der Waals surface area contributed by atoms with Gasteiger partial charge in [-0.1, -0.05) is 19.0 Å². The number of benzene rings is 1. The van der Waals surface area contributed by atoms with Crippen molar-refractivity contribution in [3.8, 4) is 5.75 Å². The molecule has 0 bridgehead atoms. The molecule has 0 spiro atoms. The van der Waals surface area contributed by atoms with Gasteiger partial charge in [0, 0.05) is 12.8 Å². The van der Waals surface area contributed by atoms with Gasteiger partial charge in [-0.25, -0.2) is 0 Å². The van der Waals surface area contributed by atoms with E-state index >= 15 is 0 Å². The number of nitrogens with zero attached hydrogens (tertiary/aromatic N) is 2. The number of hydrogen-bond acceptors (Lipinski definition) is 6. The molecule has 0 unspecified atom stereocenters. The van der Waals surface area contributed by atoms with Gasteiger partial charge in [-0.2, -0.15) is 4.98 Å². The fourth-order valence-corrected chi connectivity index (χ4v) is 2.21. The summed E-state index contributed by atoms with van der Waals surface area (Å²) in [7, 11) is 1.66. The Morgan fingerprint density at radius 2 is 1.90 bits per heavy atom. The van der Waals surface area contributed by atoms with E-state index in [0.29, 0.717) is 18.3 Å². The molecule has 1 heterocycles. The quantitative estimate of drug-likeness (QED) is 0.763. The molecule has 0 amide bonds. The van der Waals surface area contributed by atoms with Crippen LogP contribution in [0.15, 0.2) is 28.8 Å². The Labute approximate surface area is 124 Å². The summed E-state index contributed by atoms with van der Waals surface area (Å²) in [6, 6.07) is 6.80. The van der Waals surface area contributed by atoms with Crippen molar-refractivity contribution in [2.24, 2.45) is 0 Å². The minimum Gasteiger partial charge on any atom is -0.508 e. The van der Waals surface area contributed by atoms with Gasteiger partial charge in [0.1, 0.15) is 11.4 Å². The van der Waals surface area contributed by atoms with Gasteiger partial charge in [-0.15, -0.1) is 0 Å². The highest BCUT2D eigenvalue weighted by atomic mass is 16.5. The third-order valence-electron chi connectivity index (χ3n) is 3.72. The van der Waals surface area contributed by atoms with Gasteiger partial charge < -0.3 is 19.7 Å². The van der Waals surface area contributed by atoms with Gasteiger partial charge in [-0.3, -0.25) is 0 Å². The van der Waals surface area contributed by atoms with Crippen LogP contribution in [0.4, 0.5) is 5.69 Å². The standard InChI is InChI=1S/C15H21N3O3/c1-4-15(5-2,20-3)14-17-13(21-18-14)10-16-11-6-8-12(19)9-7-11/h6-9,16,19H,4-5,10H2,1-3H3. The summed E-state index contributed by atoms with van der Waals surface area (Å²) < 4.78 is 10.8. The second-order valence-corrected chi connectivity index (χ2v) is 4.82. The van der Waals surface area contributed by atoms with Gasteiger partial charge in [0.2, 0.25) is 11.7 Å². The van der Waals surface area contributed by atoms with Gasteiger partial charge in [0.25, 0.3) is 0 Å². The lowest BCUT2D eigenvalue weighted by Gasteiger charge is -2.25. The normalized spacial score (nSPS) is 11.6. The Morgan fingerprint density at radius 3 is 2.48 bits per heavy atom. The van der Waals surface area contributed by atoms with Crippen LogP contribution < -0.4 is 5.32 Å². The van der Waals surface area contributed by atoms with Crippen LogP contribution in [0, 0.1) is 0 Å². The molecule has 2 aromatic rings. The molecule has 0 saturated carbocycles. The zero-order valence-corrected chi connectivity index (χ0v) is 12.6. The van der Waals surface area contributed by atoms with Gasteiger partial charge in [0.05, 0.1) is 6.54 Å². The first-order chi connectivity index (χ1) is 10.1. The van der Waals surface area contributed by atoms with Crippen LogP contribution in [0.2, 0.25) is 0 Å². The lowest BCUT2D eigenvalue weighted by molar-refractivity contribution is -0.0306. The van der Waals surface area contributed by atoms with E-state index in [-0.39, 0.29) is 5.75 Å². The maximum absolute atomic E-state index is 9.23. The Balaban J connectivity index is 2.04.